The maximum absolute atomic E-state index is 5.23. The molecule has 0 saturated carbocycles. The van der Waals surface area contributed by atoms with Crippen molar-refractivity contribution in [3.05, 3.63) is 64.9 Å². The van der Waals surface area contributed by atoms with Gasteiger partial charge in [-0.1, -0.05) is 24.3 Å². The van der Waals surface area contributed by atoms with Crippen molar-refractivity contribution in [3.63, 3.8) is 0 Å². The molecule has 0 atom stereocenters. The molecule has 0 spiro atoms. The van der Waals surface area contributed by atoms with Gasteiger partial charge in [0.15, 0.2) is 10.8 Å². The Balaban J connectivity index is 0.00000208. The van der Waals surface area contributed by atoms with E-state index in [1.807, 2.05) is 17.5 Å². The molecule has 0 radical (unpaired) electrons. The van der Waals surface area contributed by atoms with E-state index in [0.717, 1.165) is 17.2 Å². The molecule has 0 aliphatic carbocycles. The summed E-state index contributed by atoms with van der Waals surface area (Å²) < 4.78 is 5.23. The number of nitrogens with zero attached hydrogens (tertiary/aromatic N) is 3. The van der Waals surface area contributed by atoms with Crippen LogP contribution in [0.25, 0.3) is 10.8 Å². The first-order valence-electron chi connectivity index (χ1n) is 7.35. The Kier molecular flexibility index (Phi) is 7.27. The normalized spacial score (nSPS) is 10.4. The lowest BCUT2D eigenvalue weighted by molar-refractivity contribution is 0.184. The van der Waals surface area contributed by atoms with Crippen LogP contribution in [0.3, 0.4) is 0 Å². The third kappa shape index (κ3) is 4.82. The van der Waals surface area contributed by atoms with Crippen LogP contribution in [0.2, 0.25) is 0 Å². The SMILES string of the molecule is COCc1ccccc1CNCc1csc(-c2ncccn2)n1.Cl. The van der Waals surface area contributed by atoms with Gasteiger partial charge in [0.2, 0.25) is 0 Å². The van der Waals surface area contributed by atoms with Crippen molar-refractivity contribution in [2.24, 2.45) is 0 Å². The molecule has 126 valence electrons. The maximum atomic E-state index is 5.23. The van der Waals surface area contributed by atoms with E-state index in [2.05, 4.69) is 32.4 Å². The average molecular weight is 363 g/mol. The fourth-order valence-electron chi connectivity index (χ4n) is 2.25. The summed E-state index contributed by atoms with van der Waals surface area (Å²) in [5.41, 5.74) is 3.46. The molecule has 0 bridgehead atoms. The van der Waals surface area contributed by atoms with Gasteiger partial charge in [-0.3, -0.25) is 0 Å². The van der Waals surface area contributed by atoms with Crippen molar-refractivity contribution in [1.82, 2.24) is 20.3 Å². The summed E-state index contributed by atoms with van der Waals surface area (Å²) in [6.45, 7) is 2.13. The van der Waals surface area contributed by atoms with E-state index >= 15 is 0 Å². The predicted molar refractivity (Wildman–Crippen MR) is 98.1 cm³/mol. The Morgan fingerprint density at radius 1 is 1.04 bits per heavy atom. The van der Waals surface area contributed by atoms with Crippen molar-refractivity contribution in [1.29, 1.82) is 0 Å². The second-order valence-electron chi connectivity index (χ2n) is 5.02. The topological polar surface area (TPSA) is 59.9 Å². The molecule has 5 nitrogen and oxygen atoms in total. The molecular formula is C17H19ClN4OS. The third-order valence-corrected chi connectivity index (χ3v) is 4.24. The van der Waals surface area contributed by atoms with Crippen molar-refractivity contribution >= 4 is 23.7 Å². The van der Waals surface area contributed by atoms with Gasteiger partial charge in [-0.25, -0.2) is 15.0 Å². The molecule has 0 aliphatic heterocycles. The Labute approximate surface area is 151 Å². The fourth-order valence-corrected chi connectivity index (χ4v) is 3.02. The summed E-state index contributed by atoms with van der Waals surface area (Å²) >= 11 is 1.56. The van der Waals surface area contributed by atoms with Gasteiger partial charge in [0.25, 0.3) is 0 Å². The first-order valence-corrected chi connectivity index (χ1v) is 8.23. The number of thiazole rings is 1. The van der Waals surface area contributed by atoms with E-state index in [1.165, 1.54) is 11.1 Å². The highest BCUT2D eigenvalue weighted by Gasteiger charge is 2.07. The second kappa shape index (κ2) is 9.44. The highest BCUT2D eigenvalue weighted by atomic mass is 35.5. The first kappa shape index (κ1) is 18.5. The van der Waals surface area contributed by atoms with E-state index in [0.29, 0.717) is 19.0 Å². The summed E-state index contributed by atoms with van der Waals surface area (Å²) in [4.78, 5) is 13.0. The Hall–Kier alpha value is -1.86. The fraction of sp³-hybridized carbons (Fsp3) is 0.235. The smallest absolute Gasteiger partial charge is 0.188 e. The summed E-state index contributed by atoms with van der Waals surface area (Å²) in [6, 6.07) is 10.1. The van der Waals surface area contributed by atoms with Crippen LogP contribution in [0.15, 0.2) is 48.1 Å². The standard InChI is InChI=1S/C17H18N4OS.ClH/c1-22-11-14-6-3-2-5-13(14)9-18-10-15-12-23-17(21-15)16-19-7-4-8-20-16;/h2-8,12,18H,9-11H2,1H3;1H. The zero-order valence-corrected chi connectivity index (χ0v) is 14.9. The number of methoxy groups -OCH3 is 1. The third-order valence-electron chi connectivity index (χ3n) is 3.35. The van der Waals surface area contributed by atoms with Crippen molar-refractivity contribution in [3.8, 4) is 10.8 Å². The van der Waals surface area contributed by atoms with Crippen LogP contribution < -0.4 is 5.32 Å². The maximum Gasteiger partial charge on any atom is 0.188 e. The number of hydrogen-bond donors (Lipinski definition) is 1. The van der Waals surface area contributed by atoms with E-state index in [9.17, 15) is 0 Å². The molecule has 1 aromatic carbocycles. The molecule has 2 aromatic heterocycles. The van der Waals surface area contributed by atoms with Crippen LogP contribution in [0.4, 0.5) is 0 Å². The average Bonchev–Trinajstić information content (AvgIpc) is 3.06. The molecule has 0 unspecified atom stereocenters. The molecule has 7 heteroatoms. The number of hydrogen-bond acceptors (Lipinski definition) is 6. The number of nitrogens with one attached hydrogen (secondary N) is 1. The van der Waals surface area contributed by atoms with Crippen molar-refractivity contribution < 1.29 is 4.74 Å². The van der Waals surface area contributed by atoms with E-state index < -0.39 is 0 Å². The second-order valence-corrected chi connectivity index (χ2v) is 5.88. The van der Waals surface area contributed by atoms with Gasteiger partial charge in [-0.15, -0.1) is 23.7 Å². The van der Waals surface area contributed by atoms with Crippen molar-refractivity contribution in [2.75, 3.05) is 7.11 Å². The summed E-state index contributed by atoms with van der Waals surface area (Å²) in [7, 11) is 1.71. The summed E-state index contributed by atoms with van der Waals surface area (Å²) in [6.07, 6.45) is 3.46. The van der Waals surface area contributed by atoms with Crippen LogP contribution in [0, 0.1) is 0 Å². The van der Waals surface area contributed by atoms with Crippen LogP contribution >= 0.6 is 23.7 Å². The molecule has 1 N–H and O–H groups in total. The molecule has 3 aromatic rings. The molecular weight excluding hydrogens is 344 g/mol. The minimum Gasteiger partial charge on any atom is -0.380 e. The van der Waals surface area contributed by atoms with Crippen LogP contribution in [-0.4, -0.2) is 22.1 Å². The van der Waals surface area contributed by atoms with Crippen LogP contribution in [0.5, 0.6) is 0 Å². The number of halogens is 1. The van der Waals surface area contributed by atoms with Gasteiger partial charge in [0.05, 0.1) is 12.3 Å². The van der Waals surface area contributed by atoms with Gasteiger partial charge in [-0.2, -0.15) is 0 Å². The van der Waals surface area contributed by atoms with Gasteiger partial charge in [0, 0.05) is 38.0 Å². The van der Waals surface area contributed by atoms with Crippen LogP contribution in [-0.2, 0) is 24.4 Å². The number of aromatic nitrogens is 3. The Morgan fingerprint density at radius 2 is 1.79 bits per heavy atom. The molecule has 24 heavy (non-hydrogen) atoms. The lowest BCUT2D eigenvalue weighted by Crippen LogP contribution is -2.14. The monoisotopic (exact) mass is 362 g/mol. The minimum absolute atomic E-state index is 0. The van der Waals surface area contributed by atoms with Crippen LogP contribution in [0.1, 0.15) is 16.8 Å². The summed E-state index contributed by atoms with van der Waals surface area (Å²) in [5, 5.41) is 6.32. The molecule has 0 aliphatic rings. The quantitative estimate of drug-likeness (QED) is 0.697. The van der Waals surface area contributed by atoms with Gasteiger partial charge >= 0.3 is 0 Å². The van der Waals surface area contributed by atoms with E-state index in [1.54, 1.807) is 36.9 Å². The Morgan fingerprint density at radius 3 is 2.54 bits per heavy atom. The van der Waals surface area contributed by atoms with Gasteiger partial charge in [-0.05, 0) is 17.2 Å². The lowest BCUT2D eigenvalue weighted by Gasteiger charge is -2.09. The number of ether oxygens (including phenoxy) is 1. The highest BCUT2D eigenvalue weighted by molar-refractivity contribution is 7.13. The minimum atomic E-state index is 0. The van der Waals surface area contributed by atoms with Crippen molar-refractivity contribution in [2.45, 2.75) is 19.7 Å². The van der Waals surface area contributed by atoms with E-state index in [4.69, 9.17) is 4.74 Å². The molecule has 0 amide bonds. The largest absolute Gasteiger partial charge is 0.380 e. The number of benzene rings is 1. The number of rotatable bonds is 7. The van der Waals surface area contributed by atoms with Gasteiger partial charge in [0.1, 0.15) is 0 Å². The lowest BCUT2D eigenvalue weighted by atomic mass is 10.1. The molecule has 2 heterocycles. The zero-order chi connectivity index (χ0) is 15.9. The predicted octanol–water partition coefficient (Wildman–Crippen LogP) is 3.46. The van der Waals surface area contributed by atoms with Gasteiger partial charge < -0.3 is 10.1 Å². The molecule has 0 saturated heterocycles. The summed E-state index contributed by atoms with van der Waals surface area (Å²) in [5.74, 6) is 0.675. The zero-order valence-electron chi connectivity index (χ0n) is 13.3. The highest BCUT2D eigenvalue weighted by Crippen LogP contribution is 2.19. The molecule has 3 rings (SSSR count). The molecule has 0 fully saturated rings. The Bertz CT molecular complexity index is 751. The first-order chi connectivity index (χ1) is 11.4. The van der Waals surface area contributed by atoms with E-state index in [-0.39, 0.29) is 12.4 Å².